The van der Waals surface area contributed by atoms with E-state index < -0.39 is 6.10 Å². The summed E-state index contributed by atoms with van der Waals surface area (Å²) < 4.78 is 5.14. The first-order chi connectivity index (χ1) is 13.1. The smallest absolute Gasteiger partial charge is 0.289 e. The molecule has 1 N–H and O–H groups in total. The Kier molecular flexibility index (Phi) is 4.53. The number of para-hydroxylation sites is 1. The lowest BCUT2D eigenvalue weighted by molar-refractivity contribution is -0.143. The van der Waals surface area contributed by atoms with Crippen molar-refractivity contribution in [1.82, 2.24) is 9.80 Å². The van der Waals surface area contributed by atoms with Crippen molar-refractivity contribution in [3.63, 3.8) is 0 Å². The number of aromatic hydroxyl groups is 1. The number of carbonyl (C=O) groups is 2. The number of phenolic OH excluding ortho intramolecular Hbond substituents is 1. The van der Waals surface area contributed by atoms with E-state index in [1.54, 1.807) is 46.2 Å². The summed E-state index contributed by atoms with van der Waals surface area (Å²) in [6.07, 6.45) is 1.07. The maximum atomic E-state index is 12.7. The van der Waals surface area contributed by atoms with Crippen molar-refractivity contribution in [2.45, 2.75) is 12.5 Å². The molecule has 140 valence electrons. The number of hydrogen-bond donors (Lipinski definition) is 1. The second kappa shape index (κ2) is 7.14. The first-order valence-corrected chi connectivity index (χ1v) is 8.76. The molecule has 2 aliphatic heterocycles. The summed E-state index contributed by atoms with van der Waals surface area (Å²) in [6.45, 7) is 1.73. The molecule has 2 aromatic rings. The fourth-order valence-electron chi connectivity index (χ4n) is 3.28. The van der Waals surface area contributed by atoms with Crippen LogP contribution in [-0.2, 0) is 9.63 Å². The number of furan rings is 1. The van der Waals surface area contributed by atoms with Crippen LogP contribution in [-0.4, -0.2) is 64.7 Å². The number of piperazine rings is 1. The Bertz CT molecular complexity index is 869. The quantitative estimate of drug-likeness (QED) is 0.884. The van der Waals surface area contributed by atoms with Crippen LogP contribution in [0, 0.1) is 0 Å². The maximum absolute atomic E-state index is 12.7. The van der Waals surface area contributed by atoms with Gasteiger partial charge in [-0.3, -0.25) is 9.59 Å². The van der Waals surface area contributed by atoms with Crippen LogP contribution < -0.4 is 0 Å². The SMILES string of the molecule is O=C(c1ccco1)N1CCN(C(=O)C2CC(c3ccccc3O)=NO2)CC1. The third-order valence-electron chi connectivity index (χ3n) is 4.77. The van der Waals surface area contributed by atoms with Gasteiger partial charge in [0.1, 0.15) is 5.75 Å². The van der Waals surface area contributed by atoms with Gasteiger partial charge in [0.2, 0.25) is 6.10 Å². The van der Waals surface area contributed by atoms with Gasteiger partial charge in [-0.15, -0.1) is 0 Å². The molecule has 1 unspecified atom stereocenters. The van der Waals surface area contributed by atoms with Gasteiger partial charge in [0.05, 0.1) is 12.0 Å². The molecule has 0 radical (unpaired) electrons. The monoisotopic (exact) mass is 369 g/mol. The van der Waals surface area contributed by atoms with Gasteiger partial charge >= 0.3 is 0 Å². The Morgan fingerprint density at radius 2 is 1.78 bits per heavy atom. The number of carbonyl (C=O) groups excluding carboxylic acids is 2. The Hall–Kier alpha value is -3.29. The predicted molar refractivity (Wildman–Crippen MR) is 95.3 cm³/mol. The minimum atomic E-state index is -0.702. The molecule has 1 atom stereocenters. The molecule has 2 aliphatic rings. The number of hydrogen-bond acceptors (Lipinski definition) is 6. The van der Waals surface area contributed by atoms with Crippen molar-refractivity contribution >= 4 is 17.5 Å². The van der Waals surface area contributed by atoms with Crippen LogP contribution in [0.4, 0.5) is 0 Å². The highest BCUT2D eigenvalue weighted by atomic mass is 16.6. The number of benzene rings is 1. The summed E-state index contributed by atoms with van der Waals surface area (Å²) in [7, 11) is 0. The average molecular weight is 369 g/mol. The third kappa shape index (κ3) is 3.38. The van der Waals surface area contributed by atoms with Crippen LogP contribution in [0.3, 0.4) is 0 Å². The molecule has 8 nitrogen and oxygen atoms in total. The topological polar surface area (TPSA) is 95.6 Å². The minimum absolute atomic E-state index is 0.109. The van der Waals surface area contributed by atoms with E-state index in [1.165, 1.54) is 6.26 Å². The van der Waals surface area contributed by atoms with Crippen LogP contribution in [0.2, 0.25) is 0 Å². The first-order valence-electron chi connectivity index (χ1n) is 8.76. The van der Waals surface area contributed by atoms with Crippen molar-refractivity contribution in [2.75, 3.05) is 26.2 Å². The van der Waals surface area contributed by atoms with Gasteiger partial charge in [0, 0.05) is 38.2 Å². The van der Waals surface area contributed by atoms with E-state index in [9.17, 15) is 14.7 Å². The van der Waals surface area contributed by atoms with Crippen LogP contribution >= 0.6 is 0 Å². The van der Waals surface area contributed by atoms with Crippen LogP contribution in [0.1, 0.15) is 22.5 Å². The lowest BCUT2D eigenvalue weighted by Gasteiger charge is -2.35. The molecular formula is C19H19N3O5. The molecule has 1 fully saturated rings. The molecule has 0 bridgehead atoms. The second-order valence-corrected chi connectivity index (χ2v) is 6.45. The molecule has 27 heavy (non-hydrogen) atoms. The lowest BCUT2D eigenvalue weighted by Crippen LogP contribution is -2.52. The van der Waals surface area contributed by atoms with E-state index in [2.05, 4.69) is 5.16 Å². The van der Waals surface area contributed by atoms with Crippen LogP contribution in [0.15, 0.2) is 52.2 Å². The molecule has 1 saturated heterocycles. The van der Waals surface area contributed by atoms with Crippen LogP contribution in [0.5, 0.6) is 5.75 Å². The van der Waals surface area contributed by atoms with Gasteiger partial charge in [-0.25, -0.2) is 0 Å². The summed E-state index contributed by atoms with van der Waals surface area (Å²) in [5.74, 6) is 0.0799. The van der Waals surface area contributed by atoms with Crippen molar-refractivity contribution in [1.29, 1.82) is 0 Å². The largest absolute Gasteiger partial charge is 0.507 e. The zero-order chi connectivity index (χ0) is 18.8. The first kappa shape index (κ1) is 17.1. The highest BCUT2D eigenvalue weighted by Crippen LogP contribution is 2.24. The molecule has 4 rings (SSSR count). The lowest BCUT2D eigenvalue weighted by atomic mass is 10.0. The fourth-order valence-corrected chi connectivity index (χ4v) is 3.28. The molecule has 1 aromatic carbocycles. The van der Waals surface area contributed by atoms with Gasteiger partial charge in [0.25, 0.3) is 11.8 Å². The summed E-state index contributed by atoms with van der Waals surface area (Å²) in [4.78, 5) is 33.7. The summed E-state index contributed by atoms with van der Waals surface area (Å²) >= 11 is 0. The predicted octanol–water partition coefficient (Wildman–Crippen LogP) is 1.46. The molecule has 8 heteroatoms. The molecule has 0 saturated carbocycles. The molecule has 1 aromatic heterocycles. The number of phenols is 1. The highest BCUT2D eigenvalue weighted by molar-refractivity contribution is 6.05. The van der Waals surface area contributed by atoms with Crippen molar-refractivity contribution in [3.8, 4) is 5.75 Å². The fraction of sp³-hybridized carbons (Fsp3) is 0.316. The zero-order valence-electron chi connectivity index (χ0n) is 14.6. The van der Waals surface area contributed by atoms with Gasteiger partial charge in [-0.05, 0) is 24.3 Å². The Labute approximate surface area is 155 Å². The molecule has 3 heterocycles. The highest BCUT2D eigenvalue weighted by Gasteiger charge is 2.35. The van der Waals surface area contributed by atoms with Gasteiger partial charge in [-0.1, -0.05) is 17.3 Å². The number of oxime groups is 1. The van der Waals surface area contributed by atoms with Gasteiger partial charge < -0.3 is 24.2 Å². The minimum Gasteiger partial charge on any atom is -0.507 e. The Balaban J connectivity index is 1.33. The van der Waals surface area contributed by atoms with Gasteiger partial charge in [-0.2, -0.15) is 0 Å². The molecule has 2 amide bonds. The van der Waals surface area contributed by atoms with Crippen molar-refractivity contribution in [3.05, 3.63) is 54.0 Å². The number of rotatable bonds is 3. The summed E-state index contributed by atoms with van der Waals surface area (Å²) in [5.41, 5.74) is 1.12. The molecule has 0 aliphatic carbocycles. The van der Waals surface area contributed by atoms with E-state index in [4.69, 9.17) is 9.25 Å². The molecular weight excluding hydrogens is 350 g/mol. The van der Waals surface area contributed by atoms with Crippen molar-refractivity contribution in [2.24, 2.45) is 5.16 Å². The van der Waals surface area contributed by atoms with E-state index in [0.717, 1.165) is 0 Å². The summed E-state index contributed by atoms with van der Waals surface area (Å²) in [6, 6.07) is 10.1. The molecule has 0 spiro atoms. The van der Waals surface area contributed by atoms with E-state index in [1.807, 2.05) is 0 Å². The number of nitrogens with zero attached hydrogens (tertiary/aromatic N) is 3. The normalized spacial score (nSPS) is 19.6. The van der Waals surface area contributed by atoms with E-state index in [-0.39, 0.29) is 17.6 Å². The van der Waals surface area contributed by atoms with Crippen LogP contribution in [0.25, 0.3) is 0 Å². The summed E-state index contributed by atoms with van der Waals surface area (Å²) in [5, 5.41) is 13.9. The maximum Gasteiger partial charge on any atom is 0.289 e. The van der Waals surface area contributed by atoms with Gasteiger partial charge in [0.15, 0.2) is 5.76 Å². The number of amides is 2. The Morgan fingerprint density at radius 1 is 1.04 bits per heavy atom. The second-order valence-electron chi connectivity index (χ2n) is 6.45. The third-order valence-corrected chi connectivity index (χ3v) is 4.77. The van der Waals surface area contributed by atoms with Crippen molar-refractivity contribution < 1.29 is 24.0 Å². The standard InChI is InChI=1S/C19H19N3O5/c23-15-5-2-1-4-13(15)14-12-17(27-20-14)19(25)22-9-7-21(8-10-22)18(24)16-6-3-11-26-16/h1-6,11,17,23H,7-10,12H2. The average Bonchev–Trinajstić information content (AvgIpc) is 3.39. The van der Waals surface area contributed by atoms with E-state index >= 15 is 0 Å². The Morgan fingerprint density at radius 3 is 2.48 bits per heavy atom. The zero-order valence-corrected chi connectivity index (χ0v) is 14.6. The van der Waals surface area contributed by atoms with E-state index in [0.29, 0.717) is 49.6 Å².